The molecule has 0 radical (unpaired) electrons. The molecule has 0 unspecified atom stereocenters. The smallest absolute Gasteiger partial charge is 0.406 e. The first-order valence-corrected chi connectivity index (χ1v) is 8.40. The van der Waals surface area contributed by atoms with Crippen LogP contribution in [0.1, 0.15) is 30.0 Å². The fraction of sp³-hybridized carbons (Fsp3) is 0.333. The lowest BCUT2D eigenvalue weighted by Gasteiger charge is -2.36. The third-order valence-corrected chi connectivity index (χ3v) is 4.91. The molecule has 27 heavy (non-hydrogen) atoms. The molecule has 2 aromatic rings. The summed E-state index contributed by atoms with van der Waals surface area (Å²) in [5.74, 6) is -0.861. The molecule has 2 aliphatic rings. The molecule has 1 saturated heterocycles. The van der Waals surface area contributed by atoms with Crippen LogP contribution in [0.3, 0.4) is 0 Å². The number of benzene rings is 1. The van der Waals surface area contributed by atoms with Crippen LogP contribution in [0.15, 0.2) is 36.5 Å². The molecule has 2 atom stereocenters. The van der Waals surface area contributed by atoms with Gasteiger partial charge >= 0.3 is 12.4 Å². The molecule has 9 heteroatoms. The molecule has 1 aromatic carbocycles. The summed E-state index contributed by atoms with van der Waals surface area (Å²) in [6.45, 7) is 0. The summed E-state index contributed by atoms with van der Waals surface area (Å²) >= 11 is 0. The lowest BCUT2D eigenvalue weighted by molar-refractivity contribution is -0.274. The standard InChI is InChI=1S/C18H15F4N3O2/c19-16-14-9-11-3-6-15(13(14)7-8-23-16)25(11)17(26)24-10-1-4-12(5-2-10)27-18(20,21)22/h1-2,4-5,7-8,11,15H,3,6,9H2,(H,24,26)/t11-,15+/m0/s1. The molecular formula is C18H15F4N3O2. The monoisotopic (exact) mass is 381 g/mol. The van der Waals surface area contributed by atoms with E-state index in [1.54, 1.807) is 11.0 Å². The van der Waals surface area contributed by atoms with E-state index >= 15 is 0 Å². The number of hydrogen-bond donors (Lipinski definition) is 1. The minimum Gasteiger partial charge on any atom is -0.406 e. The van der Waals surface area contributed by atoms with E-state index in [1.807, 2.05) is 0 Å². The summed E-state index contributed by atoms with van der Waals surface area (Å²) in [4.78, 5) is 18.1. The molecule has 1 N–H and O–H groups in total. The Hall–Kier alpha value is -2.84. The minimum absolute atomic E-state index is 0.131. The highest BCUT2D eigenvalue weighted by Gasteiger charge is 2.43. The summed E-state index contributed by atoms with van der Waals surface area (Å²) in [7, 11) is 0. The Labute approximate surface area is 151 Å². The van der Waals surface area contributed by atoms with Crippen LogP contribution < -0.4 is 10.1 Å². The topological polar surface area (TPSA) is 54.5 Å². The Bertz CT molecular complexity index is 870. The van der Waals surface area contributed by atoms with Crippen molar-refractivity contribution in [1.82, 2.24) is 9.88 Å². The zero-order valence-corrected chi connectivity index (χ0v) is 14.0. The van der Waals surface area contributed by atoms with Gasteiger partial charge in [-0.05, 0) is 55.2 Å². The molecule has 142 valence electrons. The Balaban J connectivity index is 1.49. The zero-order valence-electron chi connectivity index (χ0n) is 14.0. The van der Waals surface area contributed by atoms with Crippen LogP contribution in [0.4, 0.5) is 28.0 Å². The first-order chi connectivity index (χ1) is 12.8. The summed E-state index contributed by atoms with van der Waals surface area (Å²) in [6, 6.07) is 5.93. The first-order valence-electron chi connectivity index (χ1n) is 8.40. The van der Waals surface area contributed by atoms with Gasteiger partial charge in [0, 0.05) is 23.5 Å². The molecule has 2 amide bonds. The van der Waals surface area contributed by atoms with Crippen LogP contribution in [0.5, 0.6) is 5.75 Å². The third kappa shape index (κ3) is 3.41. The van der Waals surface area contributed by atoms with Crippen molar-refractivity contribution < 1.29 is 27.1 Å². The molecule has 0 saturated carbocycles. The van der Waals surface area contributed by atoms with Crippen molar-refractivity contribution in [2.24, 2.45) is 0 Å². The number of rotatable bonds is 2. The highest BCUT2D eigenvalue weighted by molar-refractivity contribution is 5.90. The number of hydrogen-bond acceptors (Lipinski definition) is 3. The van der Waals surface area contributed by atoms with Crippen molar-refractivity contribution in [2.75, 3.05) is 5.32 Å². The summed E-state index contributed by atoms with van der Waals surface area (Å²) in [5.41, 5.74) is 1.67. The molecule has 1 fully saturated rings. The number of pyridine rings is 1. The lowest BCUT2D eigenvalue weighted by atomic mass is 9.95. The number of carbonyl (C=O) groups is 1. The Morgan fingerprint density at radius 1 is 1.19 bits per heavy atom. The van der Waals surface area contributed by atoms with E-state index < -0.39 is 12.3 Å². The second-order valence-corrected chi connectivity index (χ2v) is 6.53. The van der Waals surface area contributed by atoms with Gasteiger partial charge in [0.15, 0.2) is 0 Å². The molecule has 4 rings (SSSR count). The molecule has 3 heterocycles. The predicted octanol–water partition coefficient (Wildman–Crippen LogP) is 4.41. The number of nitrogens with zero attached hydrogens (tertiary/aromatic N) is 2. The number of nitrogens with one attached hydrogen (secondary N) is 1. The number of fused-ring (bicyclic) bond motifs is 4. The van der Waals surface area contributed by atoms with Gasteiger partial charge in [0.25, 0.3) is 0 Å². The van der Waals surface area contributed by atoms with E-state index in [0.29, 0.717) is 17.7 Å². The SMILES string of the molecule is O=C(Nc1ccc(OC(F)(F)F)cc1)N1[C@H]2CC[C@@H]1c1ccnc(F)c1C2. The molecule has 1 aromatic heterocycles. The molecular weight excluding hydrogens is 366 g/mol. The van der Waals surface area contributed by atoms with Crippen molar-refractivity contribution in [3.8, 4) is 5.75 Å². The van der Waals surface area contributed by atoms with Crippen molar-refractivity contribution in [3.63, 3.8) is 0 Å². The normalized spacial score (nSPS) is 21.0. The van der Waals surface area contributed by atoms with Gasteiger partial charge in [-0.25, -0.2) is 9.78 Å². The van der Waals surface area contributed by atoms with E-state index in [2.05, 4.69) is 15.0 Å². The molecule has 0 aliphatic carbocycles. The van der Waals surface area contributed by atoms with E-state index in [1.165, 1.54) is 18.3 Å². The third-order valence-electron chi connectivity index (χ3n) is 4.91. The van der Waals surface area contributed by atoms with Crippen LogP contribution in [-0.2, 0) is 6.42 Å². The van der Waals surface area contributed by atoms with Crippen molar-refractivity contribution in [2.45, 2.75) is 37.7 Å². The number of ether oxygens (including phenoxy) is 1. The van der Waals surface area contributed by atoms with E-state index in [-0.39, 0.29) is 23.9 Å². The second-order valence-electron chi connectivity index (χ2n) is 6.53. The van der Waals surface area contributed by atoms with Crippen LogP contribution in [-0.4, -0.2) is 28.3 Å². The number of anilines is 1. The summed E-state index contributed by atoms with van der Waals surface area (Å²) in [5, 5.41) is 2.69. The van der Waals surface area contributed by atoms with Crippen LogP contribution in [0.25, 0.3) is 0 Å². The first kappa shape index (κ1) is 17.6. The number of amides is 2. The molecule has 2 aliphatic heterocycles. The van der Waals surface area contributed by atoms with Gasteiger partial charge in [-0.2, -0.15) is 4.39 Å². The molecule has 0 spiro atoms. The van der Waals surface area contributed by atoms with Crippen molar-refractivity contribution in [3.05, 3.63) is 53.6 Å². The van der Waals surface area contributed by atoms with E-state index in [4.69, 9.17) is 0 Å². The van der Waals surface area contributed by atoms with E-state index in [0.717, 1.165) is 30.5 Å². The van der Waals surface area contributed by atoms with Crippen LogP contribution >= 0.6 is 0 Å². The van der Waals surface area contributed by atoms with Crippen molar-refractivity contribution >= 4 is 11.7 Å². The molecule has 5 nitrogen and oxygen atoms in total. The number of urea groups is 1. The fourth-order valence-corrected chi connectivity index (χ4v) is 3.85. The average Bonchev–Trinajstić information content (AvgIpc) is 2.92. The quantitative estimate of drug-likeness (QED) is 0.619. The maximum Gasteiger partial charge on any atom is 0.573 e. The van der Waals surface area contributed by atoms with Crippen LogP contribution in [0.2, 0.25) is 0 Å². The van der Waals surface area contributed by atoms with Gasteiger partial charge in [-0.15, -0.1) is 13.2 Å². The van der Waals surface area contributed by atoms with E-state index in [9.17, 15) is 22.4 Å². The Morgan fingerprint density at radius 3 is 2.63 bits per heavy atom. The Kier molecular flexibility index (Phi) is 4.16. The van der Waals surface area contributed by atoms with Gasteiger partial charge in [0.2, 0.25) is 5.95 Å². The average molecular weight is 381 g/mol. The van der Waals surface area contributed by atoms with Crippen molar-refractivity contribution in [1.29, 1.82) is 0 Å². The zero-order chi connectivity index (χ0) is 19.2. The van der Waals surface area contributed by atoms with Crippen LogP contribution in [0, 0.1) is 5.95 Å². The lowest BCUT2D eigenvalue weighted by Crippen LogP contribution is -2.44. The minimum atomic E-state index is -4.77. The maximum atomic E-state index is 14.0. The van der Waals surface area contributed by atoms with Gasteiger partial charge in [-0.1, -0.05) is 0 Å². The highest BCUT2D eigenvalue weighted by Crippen LogP contribution is 2.44. The predicted molar refractivity (Wildman–Crippen MR) is 87.6 cm³/mol. The number of alkyl halides is 3. The Morgan fingerprint density at radius 2 is 1.93 bits per heavy atom. The largest absolute Gasteiger partial charge is 0.573 e. The fourth-order valence-electron chi connectivity index (χ4n) is 3.85. The second kappa shape index (κ2) is 6.40. The van der Waals surface area contributed by atoms with Gasteiger partial charge in [0.05, 0.1) is 6.04 Å². The molecule has 2 bridgehead atoms. The highest BCUT2D eigenvalue weighted by atomic mass is 19.4. The number of halogens is 4. The number of carbonyl (C=O) groups excluding carboxylic acids is 1. The maximum absolute atomic E-state index is 14.0. The van der Waals surface area contributed by atoms with Gasteiger partial charge in [0.1, 0.15) is 5.75 Å². The van der Waals surface area contributed by atoms with Gasteiger partial charge in [-0.3, -0.25) is 0 Å². The summed E-state index contributed by atoms with van der Waals surface area (Å²) < 4.78 is 54.4. The van der Waals surface area contributed by atoms with Gasteiger partial charge < -0.3 is 15.0 Å². The number of aromatic nitrogens is 1. The summed E-state index contributed by atoms with van der Waals surface area (Å²) in [6.07, 6.45) is -1.49.